The number of nitrogens with two attached hydrogens (primary N) is 2. The Kier molecular flexibility index (Phi) is 6.40. The number of carbonyl (C=O) groups is 2. The lowest BCUT2D eigenvalue weighted by molar-refractivity contribution is -0.119. The number of anilines is 3. The van der Waals surface area contributed by atoms with Gasteiger partial charge in [-0.25, -0.2) is 9.97 Å². The van der Waals surface area contributed by atoms with Crippen LogP contribution in [0.2, 0.25) is 0 Å². The summed E-state index contributed by atoms with van der Waals surface area (Å²) in [5.74, 6) is -0.0971. The Morgan fingerprint density at radius 2 is 2.04 bits per heavy atom. The first kappa shape index (κ1) is 20.0. The van der Waals surface area contributed by atoms with Gasteiger partial charge in [-0.05, 0) is 36.9 Å². The van der Waals surface area contributed by atoms with Crippen molar-refractivity contribution in [2.24, 2.45) is 17.4 Å². The number of nitrogens with zero attached hydrogens (tertiary/aromatic N) is 3. The van der Waals surface area contributed by atoms with Crippen molar-refractivity contribution < 1.29 is 9.59 Å². The van der Waals surface area contributed by atoms with E-state index < -0.39 is 17.9 Å². The molecule has 1 aliphatic carbocycles. The van der Waals surface area contributed by atoms with Gasteiger partial charge in [-0.15, -0.1) is 0 Å². The Balaban J connectivity index is 1.78. The van der Waals surface area contributed by atoms with Gasteiger partial charge in [0.1, 0.15) is 16.9 Å². The monoisotopic (exact) mass is 403 g/mol. The maximum absolute atomic E-state index is 11.9. The number of aromatic nitrogens is 3. The molecule has 1 saturated carbocycles. The van der Waals surface area contributed by atoms with Gasteiger partial charge in [-0.3, -0.25) is 9.59 Å². The molecule has 0 aromatic carbocycles. The first-order valence-corrected chi connectivity index (χ1v) is 10.1. The topological polar surface area (TPSA) is 149 Å². The average Bonchev–Trinajstić information content (AvgIpc) is 3.06. The normalized spacial score (nSPS) is 15.8. The van der Waals surface area contributed by atoms with Crippen LogP contribution in [-0.4, -0.2) is 32.2 Å². The minimum absolute atomic E-state index is 0.0134. The Hall–Kier alpha value is -2.75. The van der Waals surface area contributed by atoms with Crippen molar-refractivity contribution in [2.75, 3.05) is 10.6 Å². The van der Waals surface area contributed by atoms with Crippen molar-refractivity contribution in [1.82, 2.24) is 14.3 Å². The second kappa shape index (κ2) is 8.96. The highest BCUT2D eigenvalue weighted by molar-refractivity contribution is 7.10. The third-order valence-corrected chi connectivity index (χ3v) is 5.63. The largest absolute Gasteiger partial charge is 0.368 e. The Morgan fingerprint density at radius 3 is 2.64 bits per heavy atom. The molecule has 0 radical (unpaired) electrons. The fourth-order valence-electron chi connectivity index (χ4n) is 3.45. The molecule has 1 fully saturated rings. The van der Waals surface area contributed by atoms with Crippen LogP contribution in [0.1, 0.15) is 54.7 Å². The van der Waals surface area contributed by atoms with Gasteiger partial charge in [0.2, 0.25) is 5.91 Å². The van der Waals surface area contributed by atoms with Crippen LogP contribution in [-0.2, 0) is 4.79 Å². The summed E-state index contributed by atoms with van der Waals surface area (Å²) in [7, 11) is 0. The second-order valence-corrected chi connectivity index (χ2v) is 7.92. The van der Waals surface area contributed by atoms with Crippen LogP contribution in [0.25, 0.3) is 0 Å². The second-order valence-electron chi connectivity index (χ2n) is 7.11. The smallest absolute Gasteiger partial charge is 0.271 e. The van der Waals surface area contributed by atoms with E-state index in [0.29, 0.717) is 23.2 Å². The fraction of sp³-hybridized carbons (Fsp3) is 0.500. The van der Waals surface area contributed by atoms with E-state index in [2.05, 4.69) is 25.0 Å². The molecule has 2 heterocycles. The van der Waals surface area contributed by atoms with Crippen LogP contribution in [0.4, 0.5) is 16.6 Å². The summed E-state index contributed by atoms with van der Waals surface area (Å²) in [6, 6.07) is 1.28. The zero-order chi connectivity index (χ0) is 20.1. The number of rotatable bonds is 8. The summed E-state index contributed by atoms with van der Waals surface area (Å²) < 4.78 is 4.18. The van der Waals surface area contributed by atoms with Gasteiger partial charge in [0.25, 0.3) is 5.91 Å². The molecule has 0 aliphatic heterocycles. The highest BCUT2D eigenvalue weighted by atomic mass is 32.1. The van der Waals surface area contributed by atoms with E-state index in [-0.39, 0.29) is 11.5 Å². The molecule has 0 saturated heterocycles. The molecule has 9 nitrogen and oxygen atoms in total. The third-order valence-electron chi connectivity index (χ3n) is 4.83. The van der Waals surface area contributed by atoms with E-state index in [1.165, 1.54) is 37.0 Å². The highest BCUT2D eigenvalue weighted by Crippen LogP contribution is 2.28. The highest BCUT2D eigenvalue weighted by Gasteiger charge is 2.24. The SMILES string of the molecule is Cc1cc(Nc2nc(N[C@H](CC3CCCCC3)C(N)=O)cnc2C(N)=O)sn1. The van der Waals surface area contributed by atoms with Gasteiger partial charge in [-0.1, -0.05) is 32.1 Å². The van der Waals surface area contributed by atoms with E-state index in [4.69, 9.17) is 11.5 Å². The summed E-state index contributed by atoms with van der Waals surface area (Å²) in [4.78, 5) is 32.2. The van der Waals surface area contributed by atoms with Crippen LogP contribution in [0.5, 0.6) is 0 Å². The molecular weight excluding hydrogens is 378 g/mol. The van der Waals surface area contributed by atoms with Crippen molar-refractivity contribution in [3.8, 4) is 0 Å². The summed E-state index contributed by atoms with van der Waals surface area (Å²) in [6.45, 7) is 1.86. The van der Waals surface area contributed by atoms with Crippen LogP contribution >= 0.6 is 11.5 Å². The van der Waals surface area contributed by atoms with Gasteiger partial charge in [0.05, 0.1) is 11.9 Å². The Labute approximate surface area is 167 Å². The van der Waals surface area contributed by atoms with E-state index in [9.17, 15) is 9.59 Å². The lowest BCUT2D eigenvalue weighted by atomic mass is 9.84. The molecule has 3 rings (SSSR count). The summed E-state index contributed by atoms with van der Waals surface area (Å²) in [5, 5.41) is 6.80. The number of nitrogens with one attached hydrogen (secondary N) is 2. The molecule has 1 aliphatic rings. The molecule has 0 spiro atoms. The molecule has 2 aromatic heterocycles. The lowest BCUT2D eigenvalue weighted by Crippen LogP contribution is -2.37. The van der Waals surface area contributed by atoms with Crippen LogP contribution in [0, 0.1) is 12.8 Å². The number of hydrogen-bond donors (Lipinski definition) is 4. The number of amides is 2. The van der Waals surface area contributed by atoms with Gasteiger partial charge >= 0.3 is 0 Å². The first-order chi connectivity index (χ1) is 13.4. The van der Waals surface area contributed by atoms with Crippen LogP contribution in [0.3, 0.4) is 0 Å². The fourth-order valence-corrected chi connectivity index (χ4v) is 4.11. The Morgan fingerprint density at radius 1 is 1.29 bits per heavy atom. The average molecular weight is 404 g/mol. The van der Waals surface area contributed by atoms with Crippen molar-refractivity contribution in [3.63, 3.8) is 0 Å². The maximum atomic E-state index is 11.9. The summed E-state index contributed by atoms with van der Waals surface area (Å²) in [6.07, 6.45) is 7.88. The van der Waals surface area contributed by atoms with E-state index in [1.54, 1.807) is 0 Å². The molecule has 0 bridgehead atoms. The zero-order valence-corrected chi connectivity index (χ0v) is 16.6. The molecule has 6 N–H and O–H groups in total. The zero-order valence-electron chi connectivity index (χ0n) is 15.8. The molecule has 2 amide bonds. The summed E-state index contributed by atoms with van der Waals surface area (Å²) >= 11 is 1.24. The first-order valence-electron chi connectivity index (χ1n) is 9.35. The molecular formula is C18H25N7O2S. The van der Waals surface area contributed by atoms with Crippen LogP contribution in [0.15, 0.2) is 12.3 Å². The summed E-state index contributed by atoms with van der Waals surface area (Å²) in [5.41, 5.74) is 11.9. The molecule has 0 unspecified atom stereocenters. The van der Waals surface area contributed by atoms with Crippen LogP contribution < -0.4 is 22.1 Å². The quantitative estimate of drug-likeness (QED) is 0.528. The third kappa shape index (κ3) is 5.16. The van der Waals surface area contributed by atoms with Crippen molar-refractivity contribution in [2.45, 2.75) is 51.5 Å². The molecule has 2 aromatic rings. The number of hydrogen-bond acceptors (Lipinski definition) is 8. The van der Waals surface area contributed by atoms with E-state index in [0.717, 1.165) is 18.5 Å². The van der Waals surface area contributed by atoms with Gasteiger partial charge in [0, 0.05) is 0 Å². The molecule has 28 heavy (non-hydrogen) atoms. The van der Waals surface area contributed by atoms with Gasteiger partial charge < -0.3 is 22.1 Å². The minimum atomic E-state index is -0.698. The van der Waals surface area contributed by atoms with Crippen molar-refractivity contribution in [3.05, 3.63) is 23.7 Å². The standard InChI is InChI=1S/C18H25N7O2S/c1-10-7-14(28-25-10)24-18-15(17(20)27)21-9-13(23-18)22-12(16(19)26)8-11-5-3-2-4-6-11/h7,9,11-12H,2-6,8H2,1H3,(H2,19,26)(H2,20,27)(H2,22,23,24)/t12-/m1/s1. The molecule has 1 atom stereocenters. The molecule has 150 valence electrons. The van der Waals surface area contributed by atoms with Gasteiger partial charge in [-0.2, -0.15) is 4.37 Å². The number of primary amides is 2. The maximum Gasteiger partial charge on any atom is 0.271 e. The van der Waals surface area contributed by atoms with Crippen molar-refractivity contribution in [1.29, 1.82) is 0 Å². The Bertz CT molecular complexity index is 848. The number of carbonyl (C=O) groups excluding carboxylic acids is 2. The van der Waals surface area contributed by atoms with E-state index in [1.807, 2.05) is 13.0 Å². The van der Waals surface area contributed by atoms with E-state index >= 15 is 0 Å². The minimum Gasteiger partial charge on any atom is -0.368 e. The molecule has 10 heteroatoms. The van der Waals surface area contributed by atoms with Gasteiger partial charge in [0.15, 0.2) is 11.5 Å². The lowest BCUT2D eigenvalue weighted by Gasteiger charge is -2.25. The predicted octanol–water partition coefficient (Wildman–Crippen LogP) is 2.32. The van der Waals surface area contributed by atoms with Crippen molar-refractivity contribution >= 4 is 40.0 Å². The number of aryl methyl sites for hydroxylation is 1. The predicted molar refractivity (Wildman–Crippen MR) is 108 cm³/mol.